The normalized spacial score (nSPS) is 14.9. The summed E-state index contributed by atoms with van der Waals surface area (Å²) in [5.41, 5.74) is 0.273. The van der Waals surface area contributed by atoms with E-state index in [0.29, 0.717) is 12.5 Å². The Balaban J connectivity index is 2.11. The summed E-state index contributed by atoms with van der Waals surface area (Å²) < 4.78 is 18.6. The highest BCUT2D eigenvalue weighted by Gasteiger charge is 2.22. The Hall–Kier alpha value is -1.42. The van der Waals surface area contributed by atoms with Crippen LogP contribution in [0.2, 0.25) is 0 Å². The average Bonchev–Trinajstić information content (AvgIpc) is 3.11. The molecule has 1 N–H and O–H groups in total. The maximum Gasteiger partial charge on any atom is 0.188 e. The predicted molar refractivity (Wildman–Crippen MR) is 56.0 cm³/mol. The number of Topliss-reactive ketones (excluding diaryl/α,β-unsaturated/α-hetero) is 1. The smallest absolute Gasteiger partial charge is 0.188 e. The predicted octanol–water partition coefficient (Wildman–Crippen LogP) is 1.79. The van der Waals surface area contributed by atoms with Crippen molar-refractivity contribution in [2.45, 2.75) is 12.8 Å². The zero-order chi connectivity index (χ0) is 11.5. The number of carbonyl (C=O) groups is 1. The quantitative estimate of drug-likeness (QED) is 0.775. The summed E-state index contributed by atoms with van der Waals surface area (Å²) in [5, 5.41) is 8.69. The van der Waals surface area contributed by atoms with Crippen LogP contribution in [0.15, 0.2) is 18.2 Å². The third-order valence-electron chi connectivity index (χ3n) is 2.57. The zero-order valence-electron chi connectivity index (χ0n) is 8.78. The molecule has 0 bridgehead atoms. The summed E-state index contributed by atoms with van der Waals surface area (Å²) in [6.45, 7) is -0.0820. The van der Waals surface area contributed by atoms with Gasteiger partial charge in [0, 0.05) is 5.56 Å². The van der Waals surface area contributed by atoms with Gasteiger partial charge in [-0.15, -0.1) is 0 Å². The fourth-order valence-corrected chi connectivity index (χ4v) is 1.37. The summed E-state index contributed by atoms with van der Waals surface area (Å²) in [5.74, 6) is -0.297. The number of carbonyl (C=O) groups excluding carboxylic acids is 1. The van der Waals surface area contributed by atoms with Crippen molar-refractivity contribution in [2.75, 3.05) is 13.2 Å². The molecule has 0 aliphatic heterocycles. The number of hydrogen-bond acceptors (Lipinski definition) is 3. The lowest BCUT2D eigenvalue weighted by atomic mass is 10.1. The number of ketones is 1. The van der Waals surface area contributed by atoms with Gasteiger partial charge < -0.3 is 9.84 Å². The minimum Gasteiger partial charge on any atom is -0.490 e. The molecule has 0 saturated heterocycles. The van der Waals surface area contributed by atoms with Gasteiger partial charge >= 0.3 is 0 Å². The first-order valence-electron chi connectivity index (χ1n) is 5.27. The number of aliphatic hydroxyl groups excluding tert-OH is 1. The third kappa shape index (κ3) is 2.58. The minimum atomic E-state index is -0.576. The second kappa shape index (κ2) is 4.61. The molecule has 0 heterocycles. The van der Waals surface area contributed by atoms with Gasteiger partial charge in [0.05, 0.1) is 6.61 Å². The monoisotopic (exact) mass is 224 g/mol. The summed E-state index contributed by atoms with van der Waals surface area (Å²) in [7, 11) is 0. The number of hydrogen-bond donors (Lipinski definition) is 1. The first kappa shape index (κ1) is 11.1. The first-order valence-corrected chi connectivity index (χ1v) is 5.27. The van der Waals surface area contributed by atoms with Gasteiger partial charge in [-0.2, -0.15) is 0 Å². The molecular weight excluding hydrogens is 211 g/mol. The Morgan fingerprint density at radius 2 is 2.25 bits per heavy atom. The van der Waals surface area contributed by atoms with Gasteiger partial charge in [0.2, 0.25) is 0 Å². The van der Waals surface area contributed by atoms with E-state index >= 15 is 0 Å². The van der Waals surface area contributed by atoms with Crippen LogP contribution >= 0.6 is 0 Å². The minimum absolute atomic E-state index is 0.0891. The number of rotatable bonds is 5. The van der Waals surface area contributed by atoms with Crippen molar-refractivity contribution in [3.05, 3.63) is 29.6 Å². The first-order chi connectivity index (χ1) is 7.70. The maximum atomic E-state index is 13.3. The molecule has 0 amide bonds. The Morgan fingerprint density at radius 1 is 1.50 bits per heavy atom. The van der Waals surface area contributed by atoms with E-state index < -0.39 is 18.2 Å². The van der Waals surface area contributed by atoms with Crippen LogP contribution in [0, 0.1) is 11.7 Å². The zero-order valence-corrected chi connectivity index (χ0v) is 8.78. The highest BCUT2D eigenvalue weighted by atomic mass is 19.1. The lowest BCUT2D eigenvalue weighted by molar-refractivity contribution is 0.0903. The number of halogens is 1. The Kier molecular flexibility index (Phi) is 3.19. The fraction of sp³-hybridized carbons (Fsp3) is 0.417. The van der Waals surface area contributed by atoms with E-state index in [0.717, 1.165) is 12.8 Å². The largest absolute Gasteiger partial charge is 0.490 e. The Morgan fingerprint density at radius 3 is 2.88 bits per heavy atom. The highest BCUT2D eigenvalue weighted by Crippen LogP contribution is 2.30. The van der Waals surface area contributed by atoms with E-state index in [9.17, 15) is 9.18 Å². The molecule has 0 aromatic heterocycles. The molecule has 0 unspecified atom stereocenters. The van der Waals surface area contributed by atoms with Crippen molar-refractivity contribution in [1.29, 1.82) is 0 Å². The van der Waals surface area contributed by atoms with E-state index in [1.165, 1.54) is 18.2 Å². The van der Waals surface area contributed by atoms with Crippen molar-refractivity contribution >= 4 is 5.78 Å². The summed E-state index contributed by atoms with van der Waals surface area (Å²) in [6, 6.07) is 3.87. The van der Waals surface area contributed by atoms with Crippen LogP contribution in [0.4, 0.5) is 4.39 Å². The number of aliphatic hydroxyl groups is 1. The van der Waals surface area contributed by atoms with Gasteiger partial charge in [-0.05, 0) is 37.0 Å². The molecule has 1 aliphatic carbocycles. The van der Waals surface area contributed by atoms with Crippen LogP contribution in [0.3, 0.4) is 0 Å². The number of ether oxygens (including phenoxy) is 1. The molecule has 1 saturated carbocycles. The van der Waals surface area contributed by atoms with Crippen molar-refractivity contribution in [3.8, 4) is 5.75 Å². The lowest BCUT2D eigenvalue weighted by Gasteiger charge is -2.07. The standard InChI is InChI=1S/C12H13FO3/c13-10-4-3-9(11(15)6-14)5-12(10)16-7-8-1-2-8/h3-5,8,14H,1-2,6-7H2. The molecule has 0 radical (unpaired) electrons. The van der Waals surface area contributed by atoms with Crippen LogP contribution in [-0.2, 0) is 0 Å². The molecule has 0 atom stereocenters. The Bertz CT molecular complexity index is 399. The van der Waals surface area contributed by atoms with Gasteiger partial charge in [-0.3, -0.25) is 4.79 Å². The van der Waals surface area contributed by atoms with Crippen LogP contribution < -0.4 is 4.74 Å². The lowest BCUT2D eigenvalue weighted by Crippen LogP contribution is -2.06. The van der Waals surface area contributed by atoms with Gasteiger partial charge in [-0.25, -0.2) is 4.39 Å². The molecule has 2 rings (SSSR count). The molecular formula is C12H13FO3. The Labute approximate surface area is 92.9 Å². The van der Waals surface area contributed by atoms with E-state index in [4.69, 9.17) is 9.84 Å². The van der Waals surface area contributed by atoms with Crippen molar-refractivity contribution in [2.24, 2.45) is 5.92 Å². The van der Waals surface area contributed by atoms with Gasteiger partial charge in [-0.1, -0.05) is 0 Å². The van der Waals surface area contributed by atoms with Gasteiger partial charge in [0.1, 0.15) is 6.61 Å². The van der Waals surface area contributed by atoms with Crippen molar-refractivity contribution in [1.82, 2.24) is 0 Å². The maximum absolute atomic E-state index is 13.3. The molecule has 3 nitrogen and oxygen atoms in total. The number of benzene rings is 1. The van der Waals surface area contributed by atoms with E-state index in [1.807, 2.05) is 0 Å². The van der Waals surface area contributed by atoms with E-state index in [1.54, 1.807) is 0 Å². The molecule has 1 fully saturated rings. The SMILES string of the molecule is O=C(CO)c1ccc(F)c(OCC2CC2)c1. The molecule has 4 heteroatoms. The summed E-state index contributed by atoms with van der Waals surface area (Å²) >= 11 is 0. The molecule has 0 spiro atoms. The molecule has 1 aromatic rings. The van der Waals surface area contributed by atoms with Crippen molar-refractivity contribution < 1.29 is 19.0 Å². The summed E-state index contributed by atoms with van der Waals surface area (Å²) in [4.78, 5) is 11.2. The molecule has 16 heavy (non-hydrogen) atoms. The van der Waals surface area contributed by atoms with Gasteiger partial charge in [0.25, 0.3) is 0 Å². The fourth-order valence-electron chi connectivity index (χ4n) is 1.37. The van der Waals surface area contributed by atoms with Crippen LogP contribution in [0.1, 0.15) is 23.2 Å². The topological polar surface area (TPSA) is 46.5 Å². The van der Waals surface area contributed by atoms with Crippen LogP contribution in [-0.4, -0.2) is 24.1 Å². The van der Waals surface area contributed by atoms with Crippen LogP contribution in [0.25, 0.3) is 0 Å². The van der Waals surface area contributed by atoms with E-state index in [-0.39, 0.29) is 11.3 Å². The van der Waals surface area contributed by atoms with Crippen molar-refractivity contribution in [3.63, 3.8) is 0 Å². The average molecular weight is 224 g/mol. The molecule has 1 aromatic carbocycles. The van der Waals surface area contributed by atoms with Crippen LogP contribution in [0.5, 0.6) is 5.75 Å². The van der Waals surface area contributed by atoms with E-state index in [2.05, 4.69) is 0 Å². The summed E-state index contributed by atoms with van der Waals surface area (Å²) in [6.07, 6.45) is 2.24. The van der Waals surface area contributed by atoms with Gasteiger partial charge in [0.15, 0.2) is 17.3 Å². The third-order valence-corrected chi connectivity index (χ3v) is 2.57. The second-order valence-corrected chi connectivity index (χ2v) is 3.98. The second-order valence-electron chi connectivity index (χ2n) is 3.98. The molecule has 86 valence electrons. The molecule has 1 aliphatic rings. The highest BCUT2D eigenvalue weighted by molar-refractivity contribution is 5.97.